The third kappa shape index (κ3) is 3.18. The molecule has 2 rings (SSSR count). The lowest BCUT2D eigenvalue weighted by molar-refractivity contribution is 0.0988. The van der Waals surface area contributed by atoms with E-state index in [0.29, 0.717) is 5.75 Å². The second-order valence-electron chi connectivity index (χ2n) is 4.38. The van der Waals surface area contributed by atoms with E-state index < -0.39 is 17.4 Å². The molecule has 3 nitrogen and oxygen atoms in total. The molecule has 2 aromatic rings. The van der Waals surface area contributed by atoms with Crippen LogP contribution in [0.5, 0.6) is 11.5 Å². The standard InChI is InChI=1S/C16H14F2O3/c1-20-11-6-7-12(13(17)9-11)14(19)8-10-4-3-5-15(21-2)16(10)18/h3-7,9H,8H2,1-2H3. The van der Waals surface area contributed by atoms with Crippen LogP contribution < -0.4 is 9.47 Å². The van der Waals surface area contributed by atoms with Gasteiger partial charge in [-0.05, 0) is 23.8 Å². The number of Topliss-reactive ketones (excluding diaryl/α,β-unsaturated/α-hetero) is 1. The average molecular weight is 292 g/mol. The molecule has 2 aromatic carbocycles. The second-order valence-corrected chi connectivity index (χ2v) is 4.38. The van der Waals surface area contributed by atoms with Crippen molar-refractivity contribution in [2.45, 2.75) is 6.42 Å². The van der Waals surface area contributed by atoms with E-state index in [9.17, 15) is 13.6 Å². The summed E-state index contributed by atoms with van der Waals surface area (Å²) in [6.45, 7) is 0. The van der Waals surface area contributed by atoms with Crippen molar-refractivity contribution in [3.63, 3.8) is 0 Å². The van der Waals surface area contributed by atoms with Crippen LogP contribution in [0.3, 0.4) is 0 Å². The first-order chi connectivity index (χ1) is 10.1. The SMILES string of the molecule is COc1ccc(C(=O)Cc2cccc(OC)c2F)c(F)c1. The van der Waals surface area contributed by atoms with Crippen LogP contribution in [0.15, 0.2) is 36.4 Å². The zero-order valence-corrected chi connectivity index (χ0v) is 11.7. The summed E-state index contributed by atoms with van der Waals surface area (Å²) in [4.78, 5) is 12.1. The van der Waals surface area contributed by atoms with Crippen LogP contribution in [0.4, 0.5) is 8.78 Å². The molecule has 0 heterocycles. The van der Waals surface area contributed by atoms with Gasteiger partial charge in [-0.25, -0.2) is 8.78 Å². The third-order valence-corrected chi connectivity index (χ3v) is 3.09. The number of carbonyl (C=O) groups excluding carboxylic acids is 1. The zero-order chi connectivity index (χ0) is 15.4. The second kappa shape index (κ2) is 6.35. The Hall–Kier alpha value is -2.43. The van der Waals surface area contributed by atoms with Gasteiger partial charge < -0.3 is 9.47 Å². The highest BCUT2D eigenvalue weighted by atomic mass is 19.1. The zero-order valence-electron chi connectivity index (χ0n) is 11.7. The molecule has 0 bridgehead atoms. The molecule has 0 unspecified atom stereocenters. The van der Waals surface area contributed by atoms with Crippen LogP contribution in [-0.4, -0.2) is 20.0 Å². The summed E-state index contributed by atoms with van der Waals surface area (Å²) in [5.74, 6) is -1.45. The van der Waals surface area contributed by atoms with Gasteiger partial charge >= 0.3 is 0 Å². The molecule has 0 aliphatic carbocycles. The molecule has 0 atom stereocenters. The predicted molar refractivity (Wildman–Crippen MR) is 73.9 cm³/mol. The van der Waals surface area contributed by atoms with E-state index in [1.54, 1.807) is 6.07 Å². The number of hydrogen-bond acceptors (Lipinski definition) is 3. The topological polar surface area (TPSA) is 35.5 Å². The van der Waals surface area contributed by atoms with Crippen LogP contribution >= 0.6 is 0 Å². The highest BCUT2D eigenvalue weighted by molar-refractivity contribution is 5.97. The Labute approximate surface area is 121 Å². The molecule has 0 saturated heterocycles. The first-order valence-electron chi connectivity index (χ1n) is 6.25. The third-order valence-electron chi connectivity index (χ3n) is 3.09. The predicted octanol–water partition coefficient (Wildman–Crippen LogP) is 3.41. The molecule has 0 aliphatic heterocycles. The Morgan fingerprint density at radius 3 is 2.48 bits per heavy atom. The van der Waals surface area contributed by atoms with Gasteiger partial charge in [-0.1, -0.05) is 12.1 Å². The van der Waals surface area contributed by atoms with Gasteiger partial charge in [0.2, 0.25) is 0 Å². The minimum absolute atomic E-state index is 0.0514. The highest BCUT2D eigenvalue weighted by Crippen LogP contribution is 2.23. The van der Waals surface area contributed by atoms with E-state index in [0.717, 1.165) is 6.07 Å². The molecular weight excluding hydrogens is 278 g/mol. The molecule has 0 aliphatic rings. The number of ether oxygens (including phenoxy) is 2. The Morgan fingerprint density at radius 2 is 1.86 bits per heavy atom. The summed E-state index contributed by atoms with van der Waals surface area (Å²) in [6, 6.07) is 8.44. The average Bonchev–Trinajstić information content (AvgIpc) is 2.49. The lowest BCUT2D eigenvalue weighted by Gasteiger charge is -2.08. The number of rotatable bonds is 5. The van der Waals surface area contributed by atoms with Gasteiger partial charge in [-0.3, -0.25) is 4.79 Å². The molecule has 0 saturated carbocycles. The Kier molecular flexibility index (Phi) is 4.52. The fourth-order valence-electron chi connectivity index (χ4n) is 1.97. The maximum atomic E-state index is 14.0. The van der Waals surface area contributed by atoms with Gasteiger partial charge in [0.15, 0.2) is 17.3 Å². The van der Waals surface area contributed by atoms with Gasteiger partial charge in [-0.2, -0.15) is 0 Å². The fraction of sp³-hybridized carbons (Fsp3) is 0.188. The lowest BCUT2D eigenvalue weighted by atomic mass is 10.0. The summed E-state index contributed by atoms with van der Waals surface area (Å²) in [6.07, 6.45) is -0.244. The Morgan fingerprint density at radius 1 is 1.10 bits per heavy atom. The van der Waals surface area contributed by atoms with Crippen LogP contribution in [0.25, 0.3) is 0 Å². The van der Waals surface area contributed by atoms with Crippen molar-refractivity contribution in [1.29, 1.82) is 0 Å². The van der Waals surface area contributed by atoms with Gasteiger partial charge in [0, 0.05) is 12.5 Å². The van der Waals surface area contributed by atoms with Crippen LogP contribution in [0, 0.1) is 11.6 Å². The molecule has 0 spiro atoms. The molecule has 0 aromatic heterocycles. The van der Waals surface area contributed by atoms with E-state index in [4.69, 9.17) is 9.47 Å². The quantitative estimate of drug-likeness (QED) is 0.792. The van der Waals surface area contributed by atoms with Gasteiger partial charge in [0.1, 0.15) is 11.6 Å². The molecular formula is C16H14F2O3. The molecule has 0 fully saturated rings. The molecule has 0 radical (unpaired) electrons. The first kappa shape index (κ1) is 15.0. The molecule has 21 heavy (non-hydrogen) atoms. The van der Waals surface area contributed by atoms with Crippen molar-refractivity contribution in [3.8, 4) is 11.5 Å². The van der Waals surface area contributed by atoms with Crippen molar-refractivity contribution < 1.29 is 23.0 Å². The van der Waals surface area contributed by atoms with E-state index >= 15 is 0 Å². The van der Waals surface area contributed by atoms with E-state index in [2.05, 4.69) is 0 Å². The monoisotopic (exact) mass is 292 g/mol. The number of halogens is 2. The number of ketones is 1. The van der Waals surface area contributed by atoms with E-state index in [1.165, 1.54) is 38.5 Å². The fourth-order valence-corrected chi connectivity index (χ4v) is 1.97. The van der Waals surface area contributed by atoms with Crippen LogP contribution in [0.1, 0.15) is 15.9 Å². The Balaban J connectivity index is 2.26. The van der Waals surface area contributed by atoms with Gasteiger partial charge in [-0.15, -0.1) is 0 Å². The highest BCUT2D eigenvalue weighted by Gasteiger charge is 2.16. The van der Waals surface area contributed by atoms with Crippen LogP contribution in [0.2, 0.25) is 0 Å². The number of carbonyl (C=O) groups is 1. The summed E-state index contributed by atoms with van der Waals surface area (Å²) >= 11 is 0. The molecule has 0 N–H and O–H groups in total. The normalized spacial score (nSPS) is 10.3. The first-order valence-corrected chi connectivity index (χ1v) is 6.25. The maximum absolute atomic E-state index is 14.0. The maximum Gasteiger partial charge on any atom is 0.170 e. The minimum atomic E-state index is -0.692. The summed E-state index contributed by atoms with van der Waals surface area (Å²) in [7, 11) is 2.75. The smallest absolute Gasteiger partial charge is 0.170 e. The minimum Gasteiger partial charge on any atom is -0.497 e. The van der Waals surface area contributed by atoms with Crippen molar-refractivity contribution in [2.75, 3.05) is 14.2 Å². The van der Waals surface area contributed by atoms with Gasteiger partial charge in [0.25, 0.3) is 0 Å². The number of methoxy groups -OCH3 is 2. The van der Waals surface area contributed by atoms with Crippen molar-refractivity contribution in [3.05, 3.63) is 59.2 Å². The van der Waals surface area contributed by atoms with E-state index in [1.807, 2.05) is 0 Å². The Bertz CT molecular complexity index is 669. The van der Waals surface area contributed by atoms with Crippen molar-refractivity contribution in [2.24, 2.45) is 0 Å². The molecule has 0 amide bonds. The van der Waals surface area contributed by atoms with E-state index in [-0.39, 0.29) is 23.3 Å². The summed E-state index contributed by atoms with van der Waals surface area (Å²) in [5, 5.41) is 0. The van der Waals surface area contributed by atoms with Crippen LogP contribution in [-0.2, 0) is 6.42 Å². The molecule has 5 heteroatoms. The van der Waals surface area contributed by atoms with Gasteiger partial charge in [0.05, 0.1) is 19.8 Å². The van der Waals surface area contributed by atoms with Crippen molar-refractivity contribution in [1.82, 2.24) is 0 Å². The molecule has 110 valence electrons. The lowest BCUT2D eigenvalue weighted by Crippen LogP contribution is -2.08. The van der Waals surface area contributed by atoms with Crippen molar-refractivity contribution >= 4 is 5.78 Å². The summed E-state index contributed by atoms with van der Waals surface area (Å²) in [5.41, 5.74) is 0.0626. The largest absolute Gasteiger partial charge is 0.497 e. The number of hydrogen-bond donors (Lipinski definition) is 0. The summed E-state index contributed by atoms with van der Waals surface area (Å²) < 4.78 is 37.5. The number of benzene rings is 2.